The lowest BCUT2D eigenvalue weighted by Gasteiger charge is -2.08. The third-order valence-electron chi connectivity index (χ3n) is 3.77. The number of aromatic nitrogens is 2. The summed E-state index contributed by atoms with van der Waals surface area (Å²) in [6.07, 6.45) is 3.21. The van der Waals surface area contributed by atoms with Gasteiger partial charge in [0, 0.05) is 23.7 Å². The van der Waals surface area contributed by atoms with E-state index >= 15 is 0 Å². The molecule has 0 aliphatic carbocycles. The summed E-state index contributed by atoms with van der Waals surface area (Å²) < 4.78 is 1.70. The lowest BCUT2D eigenvalue weighted by molar-refractivity contribution is 0.792. The Hall–Kier alpha value is -2.39. The average molecular weight is 325 g/mol. The van der Waals surface area contributed by atoms with Crippen LogP contribution in [0.1, 0.15) is 23.7 Å². The molecule has 0 saturated heterocycles. The fourth-order valence-corrected chi connectivity index (χ4v) is 2.52. The van der Waals surface area contributed by atoms with Gasteiger partial charge in [0.25, 0.3) is 0 Å². The van der Waals surface area contributed by atoms with Gasteiger partial charge in [-0.3, -0.25) is 4.79 Å². The summed E-state index contributed by atoms with van der Waals surface area (Å²) in [5.41, 5.74) is 3.73. The number of hydrogen-bond acceptors (Lipinski definition) is 2. The Bertz CT molecular complexity index is 852. The first-order valence-electron chi connectivity index (χ1n) is 7.58. The second kappa shape index (κ2) is 6.80. The molecule has 0 saturated carbocycles. The van der Waals surface area contributed by atoms with Gasteiger partial charge in [-0.15, -0.1) is 0 Å². The van der Waals surface area contributed by atoms with Crippen LogP contribution >= 0.6 is 11.6 Å². The third kappa shape index (κ3) is 3.69. The molecule has 0 aliphatic rings. The predicted molar refractivity (Wildman–Crippen MR) is 93.5 cm³/mol. The highest BCUT2D eigenvalue weighted by molar-refractivity contribution is 6.30. The van der Waals surface area contributed by atoms with E-state index in [1.807, 2.05) is 12.1 Å². The van der Waals surface area contributed by atoms with Gasteiger partial charge < -0.3 is 0 Å². The van der Waals surface area contributed by atoms with Gasteiger partial charge >= 0.3 is 0 Å². The highest BCUT2D eigenvalue weighted by atomic mass is 35.5. The van der Waals surface area contributed by atoms with Gasteiger partial charge in [-0.1, -0.05) is 42.8 Å². The number of aryl methyl sites for hydroxylation is 1. The van der Waals surface area contributed by atoms with E-state index < -0.39 is 0 Å². The molecule has 0 unspecified atom stereocenters. The van der Waals surface area contributed by atoms with Crippen LogP contribution in [-0.2, 0) is 12.8 Å². The molecule has 2 aromatic carbocycles. The van der Waals surface area contributed by atoms with Crippen LogP contribution < -0.4 is 5.43 Å². The summed E-state index contributed by atoms with van der Waals surface area (Å²) in [5.74, 6) is 0. The fraction of sp³-hybridized carbons (Fsp3) is 0.158. The predicted octanol–water partition coefficient (Wildman–Crippen LogP) is 4.04. The minimum absolute atomic E-state index is 0.0465. The molecule has 0 N–H and O–H groups in total. The largest absolute Gasteiger partial charge is 0.288 e. The van der Waals surface area contributed by atoms with Crippen LogP contribution in [0, 0.1) is 0 Å². The van der Waals surface area contributed by atoms with E-state index in [4.69, 9.17) is 11.6 Å². The smallest absolute Gasteiger partial charge is 0.203 e. The standard InChI is InChI=1S/C19H17ClN2O/c1-2-14-3-5-15(6-4-14)13-18-19(23)11-12-22(21-18)17-9-7-16(20)8-10-17/h3-12H,2,13H2,1H3. The van der Waals surface area contributed by atoms with Crippen molar-refractivity contribution >= 4 is 11.6 Å². The Balaban J connectivity index is 1.91. The second-order valence-electron chi connectivity index (χ2n) is 5.39. The first kappa shape index (κ1) is 15.5. The quantitative estimate of drug-likeness (QED) is 0.726. The molecule has 0 atom stereocenters. The molecule has 0 spiro atoms. The molecule has 3 aromatic rings. The summed E-state index contributed by atoms with van der Waals surface area (Å²) in [6.45, 7) is 2.12. The van der Waals surface area contributed by atoms with Crippen molar-refractivity contribution in [3.8, 4) is 5.69 Å². The van der Waals surface area contributed by atoms with Crippen LogP contribution in [0.5, 0.6) is 0 Å². The Labute approximate surface area is 140 Å². The molecule has 23 heavy (non-hydrogen) atoms. The van der Waals surface area contributed by atoms with Crippen molar-refractivity contribution in [2.45, 2.75) is 19.8 Å². The lowest BCUT2D eigenvalue weighted by Crippen LogP contribution is -2.16. The molecule has 0 bridgehead atoms. The van der Waals surface area contributed by atoms with Gasteiger partial charge in [0.1, 0.15) is 5.69 Å². The van der Waals surface area contributed by atoms with Crippen molar-refractivity contribution in [3.63, 3.8) is 0 Å². The van der Waals surface area contributed by atoms with Crippen LogP contribution in [0.25, 0.3) is 5.69 Å². The van der Waals surface area contributed by atoms with E-state index in [0.717, 1.165) is 17.7 Å². The molecule has 3 rings (SSSR count). The Morgan fingerprint density at radius 2 is 1.61 bits per heavy atom. The topological polar surface area (TPSA) is 34.9 Å². The Morgan fingerprint density at radius 3 is 2.26 bits per heavy atom. The van der Waals surface area contributed by atoms with Crippen molar-refractivity contribution in [3.05, 3.63) is 92.9 Å². The third-order valence-corrected chi connectivity index (χ3v) is 4.03. The van der Waals surface area contributed by atoms with Gasteiger partial charge in [0.2, 0.25) is 5.43 Å². The Kier molecular flexibility index (Phi) is 4.58. The van der Waals surface area contributed by atoms with Crippen LogP contribution in [0.15, 0.2) is 65.6 Å². The number of rotatable bonds is 4. The van der Waals surface area contributed by atoms with Crippen molar-refractivity contribution < 1.29 is 0 Å². The van der Waals surface area contributed by atoms with E-state index in [9.17, 15) is 4.79 Å². The molecular weight excluding hydrogens is 308 g/mol. The fourth-order valence-electron chi connectivity index (χ4n) is 2.39. The SMILES string of the molecule is CCc1ccc(Cc2nn(-c3ccc(Cl)cc3)ccc2=O)cc1. The summed E-state index contributed by atoms with van der Waals surface area (Å²) in [7, 11) is 0. The van der Waals surface area contributed by atoms with Crippen molar-refractivity contribution in [2.75, 3.05) is 0 Å². The van der Waals surface area contributed by atoms with Gasteiger partial charge in [-0.05, 0) is 41.8 Å². The van der Waals surface area contributed by atoms with Gasteiger partial charge in [-0.2, -0.15) is 5.10 Å². The molecule has 1 heterocycles. The summed E-state index contributed by atoms with van der Waals surface area (Å²) in [4.78, 5) is 12.1. The molecule has 4 heteroatoms. The zero-order valence-corrected chi connectivity index (χ0v) is 13.6. The highest BCUT2D eigenvalue weighted by Gasteiger charge is 2.06. The summed E-state index contributed by atoms with van der Waals surface area (Å²) in [5, 5.41) is 5.14. The van der Waals surface area contributed by atoms with E-state index in [0.29, 0.717) is 17.1 Å². The summed E-state index contributed by atoms with van der Waals surface area (Å²) >= 11 is 5.91. The van der Waals surface area contributed by atoms with E-state index in [1.165, 1.54) is 5.56 Å². The highest BCUT2D eigenvalue weighted by Crippen LogP contribution is 2.13. The first-order valence-corrected chi connectivity index (χ1v) is 7.96. The van der Waals surface area contributed by atoms with Crippen LogP contribution in [0.2, 0.25) is 5.02 Å². The average Bonchev–Trinajstić information content (AvgIpc) is 2.58. The first-order chi connectivity index (χ1) is 11.2. The number of hydrogen-bond donors (Lipinski definition) is 0. The molecule has 3 nitrogen and oxygen atoms in total. The second-order valence-corrected chi connectivity index (χ2v) is 5.83. The monoisotopic (exact) mass is 324 g/mol. The molecule has 0 radical (unpaired) electrons. The van der Waals surface area contributed by atoms with Crippen LogP contribution in [0.3, 0.4) is 0 Å². The maximum absolute atomic E-state index is 12.1. The minimum atomic E-state index is -0.0465. The number of nitrogens with zero attached hydrogens (tertiary/aromatic N) is 2. The number of halogens is 1. The summed E-state index contributed by atoms with van der Waals surface area (Å²) in [6, 6.07) is 17.2. The molecule has 116 valence electrons. The van der Waals surface area contributed by atoms with Crippen molar-refractivity contribution in [2.24, 2.45) is 0 Å². The normalized spacial score (nSPS) is 10.7. The van der Waals surface area contributed by atoms with Gasteiger partial charge in [0.15, 0.2) is 0 Å². The van der Waals surface area contributed by atoms with Crippen molar-refractivity contribution in [1.29, 1.82) is 0 Å². The van der Waals surface area contributed by atoms with Gasteiger partial charge in [-0.25, -0.2) is 4.68 Å². The van der Waals surface area contributed by atoms with Crippen LogP contribution in [-0.4, -0.2) is 9.78 Å². The lowest BCUT2D eigenvalue weighted by atomic mass is 10.1. The molecule has 0 fully saturated rings. The van der Waals surface area contributed by atoms with E-state index in [-0.39, 0.29) is 5.43 Å². The van der Waals surface area contributed by atoms with E-state index in [2.05, 4.69) is 36.3 Å². The van der Waals surface area contributed by atoms with E-state index in [1.54, 1.807) is 29.1 Å². The van der Waals surface area contributed by atoms with Crippen LogP contribution in [0.4, 0.5) is 0 Å². The zero-order chi connectivity index (χ0) is 16.2. The molecular formula is C19H17ClN2O. The maximum Gasteiger partial charge on any atom is 0.203 e. The Morgan fingerprint density at radius 1 is 0.957 bits per heavy atom. The minimum Gasteiger partial charge on any atom is -0.288 e. The van der Waals surface area contributed by atoms with Gasteiger partial charge in [0.05, 0.1) is 5.69 Å². The van der Waals surface area contributed by atoms with Crippen molar-refractivity contribution in [1.82, 2.24) is 9.78 Å². The number of benzene rings is 2. The maximum atomic E-state index is 12.1. The molecule has 0 amide bonds. The zero-order valence-electron chi connectivity index (χ0n) is 12.9. The molecule has 1 aromatic heterocycles. The molecule has 0 aliphatic heterocycles.